The number of hydrogen-bond acceptors (Lipinski definition) is 3. The Morgan fingerprint density at radius 1 is 1.04 bits per heavy atom. The van der Waals surface area contributed by atoms with Crippen LogP contribution in [0.25, 0.3) is 0 Å². The first-order valence-corrected chi connectivity index (χ1v) is 10.4. The second-order valence-corrected chi connectivity index (χ2v) is 8.72. The lowest BCUT2D eigenvalue weighted by Crippen LogP contribution is -2.38. The van der Waals surface area contributed by atoms with Gasteiger partial charge in [-0.25, -0.2) is 13.1 Å². The summed E-state index contributed by atoms with van der Waals surface area (Å²) in [5.41, 5.74) is 1.32. The lowest BCUT2D eigenvalue weighted by Gasteiger charge is -2.32. The largest absolute Gasteiger partial charge is 0.299 e. The summed E-state index contributed by atoms with van der Waals surface area (Å²) in [6, 6.07) is 16.8. The molecule has 0 saturated carbocycles. The van der Waals surface area contributed by atoms with Gasteiger partial charge in [-0.15, -0.1) is 0 Å². The summed E-state index contributed by atoms with van der Waals surface area (Å²) in [6.07, 6.45) is 2.01. The molecule has 1 heterocycles. The van der Waals surface area contributed by atoms with Crippen molar-refractivity contribution < 1.29 is 8.42 Å². The topological polar surface area (TPSA) is 49.4 Å². The monoisotopic (exact) mass is 378 g/mol. The summed E-state index contributed by atoms with van der Waals surface area (Å²) < 4.78 is 27.4. The van der Waals surface area contributed by atoms with E-state index in [-0.39, 0.29) is 4.90 Å². The molecule has 0 unspecified atom stereocenters. The van der Waals surface area contributed by atoms with Gasteiger partial charge in [-0.3, -0.25) is 4.90 Å². The third-order valence-corrected chi connectivity index (χ3v) is 6.28. The van der Waals surface area contributed by atoms with Gasteiger partial charge in [-0.2, -0.15) is 0 Å². The van der Waals surface area contributed by atoms with Crippen molar-refractivity contribution >= 4 is 21.6 Å². The van der Waals surface area contributed by atoms with Crippen LogP contribution < -0.4 is 4.72 Å². The van der Waals surface area contributed by atoms with Gasteiger partial charge in [0.1, 0.15) is 0 Å². The quantitative estimate of drug-likeness (QED) is 0.836. The average Bonchev–Trinajstić information content (AvgIpc) is 2.62. The molecular weight excluding hydrogens is 356 g/mol. The third-order valence-electron chi connectivity index (χ3n) is 4.62. The van der Waals surface area contributed by atoms with Crippen molar-refractivity contribution in [2.45, 2.75) is 24.3 Å². The zero-order valence-corrected chi connectivity index (χ0v) is 15.6. The first-order valence-electron chi connectivity index (χ1n) is 8.54. The van der Waals surface area contributed by atoms with E-state index >= 15 is 0 Å². The summed E-state index contributed by atoms with van der Waals surface area (Å²) in [6.45, 7) is 3.44. The zero-order valence-electron chi connectivity index (χ0n) is 14.1. The van der Waals surface area contributed by atoms with Gasteiger partial charge in [0.05, 0.1) is 4.90 Å². The number of rotatable bonds is 6. The van der Waals surface area contributed by atoms with Crippen LogP contribution in [0.15, 0.2) is 59.5 Å². The maximum Gasteiger partial charge on any atom is 0.240 e. The molecule has 4 nitrogen and oxygen atoms in total. The Kier molecular flexibility index (Phi) is 6.12. The van der Waals surface area contributed by atoms with Crippen LogP contribution >= 0.6 is 11.6 Å². The molecule has 1 aliphatic rings. The number of nitrogens with zero attached hydrogens (tertiary/aromatic N) is 1. The predicted octanol–water partition coefficient (Wildman–Crippen LogP) is 3.53. The standard InChI is InChI=1S/C19H23ClN2O2S/c20-18-7-4-8-19(13-18)25(23,24)21-14-16-9-11-22(12-10-16)15-17-5-2-1-3-6-17/h1-8,13,16,21H,9-12,14-15H2. The maximum atomic E-state index is 12.4. The second kappa shape index (κ2) is 8.32. The number of piperidine rings is 1. The van der Waals surface area contributed by atoms with Crippen LogP contribution in [-0.2, 0) is 16.6 Å². The molecule has 0 aliphatic carbocycles. The number of benzene rings is 2. The molecule has 6 heteroatoms. The van der Waals surface area contributed by atoms with E-state index in [1.165, 1.54) is 11.6 Å². The normalized spacial score (nSPS) is 16.8. The Morgan fingerprint density at radius 2 is 1.76 bits per heavy atom. The van der Waals surface area contributed by atoms with Gasteiger partial charge in [0.2, 0.25) is 10.0 Å². The van der Waals surface area contributed by atoms with Crippen molar-refractivity contribution in [2.75, 3.05) is 19.6 Å². The number of likely N-dealkylation sites (tertiary alicyclic amines) is 1. The van der Waals surface area contributed by atoms with E-state index in [1.807, 2.05) is 6.07 Å². The van der Waals surface area contributed by atoms with Gasteiger partial charge in [0, 0.05) is 18.1 Å². The van der Waals surface area contributed by atoms with Crippen LogP contribution in [0.1, 0.15) is 18.4 Å². The van der Waals surface area contributed by atoms with Gasteiger partial charge < -0.3 is 0 Å². The van der Waals surface area contributed by atoms with Gasteiger partial charge in [0.15, 0.2) is 0 Å². The fourth-order valence-electron chi connectivity index (χ4n) is 3.14. The lowest BCUT2D eigenvalue weighted by molar-refractivity contribution is 0.178. The summed E-state index contributed by atoms with van der Waals surface area (Å²) in [7, 11) is -3.49. The smallest absolute Gasteiger partial charge is 0.240 e. The number of halogens is 1. The highest BCUT2D eigenvalue weighted by atomic mass is 35.5. The van der Waals surface area contributed by atoms with E-state index in [0.29, 0.717) is 17.5 Å². The summed E-state index contributed by atoms with van der Waals surface area (Å²) in [5.74, 6) is 0.376. The molecule has 1 saturated heterocycles. The summed E-state index contributed by atoms with van der Waals surface area (Å²) in [4.78, 5) is 2.65. The summed E-state index contributed by atoms with van der Waals surface area (Å²) in [5, 5.41) is 0.428. The molecule has 1 fully saturated rings. The molecule has 0 amide bonds. The summed E-state index contributed by atoms with van der Waals surface area (Å²) >= 11 is 5.88. The molecule has 3 rings (SSSR count). The average molecular weight is 379 g/mol. The van der Waals surface area contributed by atoms with Crippen molar-refractivity contribution in [3.63, 3.8) is 0 Å². The molecule has 0 bridgehead atoms. The molecule has 1 N–H and O–H groups in total. The van der Waals surface area contributed by atoms with E-state index in [9.17, 15) is 8.42 Å². The highest BCUT2D eigenvalue weighted by molar-refractivity contribution is 7.89. The fraction of sp³-hybridized carbons (Fsp3) is 0.368. The molecule has 0 aromatic heterocycles. The van der Waals surface area contributed by atoms with Crippen LogP contribution in [0.2, 0.25) is 5.02 Å². The minimum atomic E-state index is -3.49. The first kappa shape index (κ1) is 18.4. The Balaban J connectivity index is 1.48. The number of nitrogens with one attached hydrogen (secondary N) is 1. The molecule has 0 radical (unpaired) electrons. The second-order valence-electron chi connectivity index (χ2n) is 6.51. The minimum Gasteiger partial charge on any atom is -0.299 e. The van der Waals surface area contributed by atoms with Crippen molar-refractivity contribution in [3.8, 4) is 0 Å². The predicted molar refractivity (Wildman–Crippen MR) is 101 cm³/mol. The van der Waals surface area contributed by atoms with E-state index in [4.69, 9.17) is 11.6 Å². The Morgan fingerprint density at radius 3 is 2.44 bits per heavy atom. The number of sulfonamides is 1. The van der Waals surface area contributed by atoms with Gasteiger partial charge in [-0.05, 0) is 55.6 Å². The maximum absolute atomic E-state index is 12.4. The lowest BCUT2D eigenvalue weighted by atomic mass is 9.97. The highest BCUT2D eigenvalue weighted by Crippen LogP contribution is 2.20. The Labute approximate surface area is 154 Å². The van der Waals surface area contributed by atoms with E-state index in [0.717, 1.165) is 32.5 Å². The van der Waals surface area contributed by atoms with Gasteiger partial charge in [-0.1, -0.05) is 48.0 Å². The molecule has 0 atom stereocenters. The fourth-order valence-corrected chi connectivity index (χ4v) is 4.55. The van der Waals surface area contributed by atoms with E-state index in [1.54, 1.807) is 18.2 Å². The Hall–Kier alpha value is -1.40. The van der Waals surface area contributed by atoms with Gasteiger partial charge >= 0.3 is 0 Å². The van der Waals surface area contributed by atoms with Crippen LogP contribution in [-0.4, -0.2) is 33.0 Å². The molecule has 25 heavy (non-hydrogen) atoms. The SMILES string of the molecule is O=S(=O)(NCC1CCN(Cc2ccccc2)CC1)c1cccc(Cl)c1. The van der Waals surface area contributed by atoms with Crippen molar-refractivity contribution in [2.24, 2.45) is 5.92 Å². The van der Waals surface area contributed by atoms with Crippen LogP contribution in [0.5, 0.6) is 0 Å². The van der Waals surface area contributed by atoms with Crippen molar-refractivity contribution in [3.05, 3.63) is 65.2 Å². The zero-order chi connectivity index (χ0) is 17.7. The van der Waals surface area contributed by atoms with Crippen molar-refractivity contribution in [1.29, 1.82) is 0 Å². The molecule has 1 aliphatic heterocycles. The van der Waals surface area contributed by atoms with E-state index < -0.39 is 10.0 Å². The molecule has 134 valence electrons. The molecule has 0 spiro atoms. The van der Waals surface area contributed by atoms with Crippen LogP contribution in [0.4, 0.5) is 0 Å². The van der Waals surface area contributed by atoms with Crippen molar-refractivity contribution in [1.82, 2.24) is 9.62 Å². The Bertz CT molecular complexity index is 788. The number of hydrogen-bond donors (Lipinski definition) is 1. The third kappa shape index (κ3) is 5.28. The van der Waals surface area contributed by atoms with Crippen LogP contribution in [0.3, 0.4) is 0 Å². The van der Waals surface area contributed by atoms with Crippen LogP contribution in [0, 0.1) is 5.92 Å². The highest BCUT2D eigenvalue weighted by Gasteiger charge is 2.22. The van der Waals surface area contributed by atoms with E-state index in [2.05, 4.69) is 33.9 Å². The van der Waals surface area contributed by atoms with Gasteiger partial charge in [0.25, 0.3) is 0 Å². The molecule has 2 aromatic carbocycles. The minimum absolute atomic E-state index is 0.224. The molecular formula is C19H23ClN2O2S. The molecule has 2 aromatic rings. The first-order chi connectivity index (χ1) is 12.0.